The lowest BCUT2D eigenvalue weighted by molar-refractivity contribution is -0.127. The van der Waals surface area contributed by atoms with Crippen molar-refractivity contribution in [1.29, 1.82) is 0 Å². The SMILES string of the molecule is COc1cc(/C=C/C(=O)N2CCCC(C(C)N)C2)cc2c1OCCO2. The van der Waals surface area contributed by atoms with Crippen LogP contribution in [0.15, 0.2) is 18.2 Å². The van der Waals surface area contributed by atoms with Gasteiger partial charge in [0.25, 0.3) is 0 Å². The highest BCUT2D eigenvalue weighted by Crippen LogP contribution is 2.40. The van der Waals surface area contributed by atoms with Gasteiger partial charge in [-0.2, -0.15) is 0 Å². The third-order valence-corrected chi connectivity index (χ3v) is 4.78. The van der Waals surface area contributed by atoms with Crippen molar-refractivity contribution in [3.63, 3.8) is 0 Å². The Labute approximate surface area is 148 Å². The van der Waals surface area contributed by atoms with Gasteiger partial charge in [0.15, 0.2) is 11.5 Å². The van der Waals surface area contributed by atoms with Gasteiger partial charge < -0.3 is 24.8 Å². The van der Waals surface area contributed by atoms with Crippen molar-refractivity contribution >= 4 is 12.0 Å². The zero-order valence-electron chi connectivity index (χ0n) is 14.9. The fourth-order valence-electron chi connectivity index (χ4n) is 3.30. The van der Waals surface area contributed by atoms with Gasteiger partial charge in [-0.15, -0.1) is 0 Å². The minimum Gasteiger partial charge on any atom is -0.493 e. The van der Waals surface area contributed by atoms with E-state index in [0.717, 1.165) is 31.5 Å². The van der Waals surface area contributed by atoms with Crippen LogP contribution in [0.25, 0.3) is 6.08 Å². The number of hydrogen-bond donors (Lipinski definition) is 1. The average molecular weight is 346 g/mol. The summed E-state index contributed by atoms with van der Waals surface area (Å²) in [5, 5.41) is 0. The summed E-state index contributed by atoms with van der Waals surface area (Å²) in [5.74, 6) is 2.26. The van der Waals surface area contributed by atoms with Crippen LogP contribution in [0, 0.1) is 5.92 Å². The highest BCUT2D eigenvalue weighted by Gasteiger charge is 2.24. The molecule has 0 bridgehead atoms. The summed E-state index contributed by atoms with van der Waals surface area (Å²) in [4.78, 5) is 14.4. The van der Waals surface area contributed by atoms with Crippen molar-refractivity contribution in [1.82, 2.24) is 4.90 Å². The molecule has 0 saturated carbocycles. The molecule has 0 aromatic heterocycles. The van der Waals surface area contributed by atoms with E-state index in [1.165, 1.54) is 0 Å². The Bertz CT molecular complexity index is 640. The van der Waals surface area contributed by atoms with Crippen LogP contribution >= 0.6 is 0 Å². The molecule has 0 spiro atoms. The smallest absolute Gasteiger partial charge is 0.246 e. The first-order chi connectivity index (χ1) is 12.1. The topological polar surface area (TPSA) is 74.0 Å². The number of nitrogens with zero attached hydrogens (tertiary/aromatic N) is 1. The van der Waals surface area contributed by atoms with Gasteiger partial charge in [0.2, 0.25) is 11.7 Å². The van der Waals surface area contributed by atoms with E-state index in [1.54, 1.807) is 19.3 Å². The first-order valence-corrected chi connectivity index (χ1v) is 8.78. The number of carbonyl (C=O) groups excluding carboxylic acids is 1. The maximum atomic E-state index is 12.5. The molecule has 2 heterocycles. The van der Waals surface area contributed by atoms with E-state index >= 15 is 0 Å². The first kappa shape index (κ1) is 17.6. The number of likely N-dealkylation sites (tertiary alicyclic amines) is 1. The van der Waals surface area contributed by atoms with Crippen LogP contribution in [0.1, 0.15) is 25.3 Å². The van der Waals surface area contributed by atoms with Crippen molar-refractivity contribution in [2.75, 3.05) is 33.4 Å². The first-order valence-electron chi connectivity index (χ1n) is 8.78. The summed E-state index contributed by atoms with van der Waals surface area (Å²) in [6.07, 6.45) is 5.49. The highest BCUT2D eigenvalue weighted by atomic mass is 16.6. The number of hydrogen-bond acceptors (Lipinski definition) is 5. The van der Waals surface area contributed by atoms with Gasteiger partial charge in [-0.25, -0.2) is 0 Å². The standard InChI is InChI=1S/C19H26N2O4/c1-13(20)15-4-3-7-21(12-15)18(22)6-5-14-10-16(23-2)19-17(11-14)24-8-9-25-19/h5-6,10-11,13,15H,3-4,7-9,12,20H2,1-2H3/b6-5+. The number of rotatable bonds is 4. The molecule has 1 saturated heterocycles. The minimum atomic E-state index is 0.0132. The Morgan fingerprint density at radius 1 is 1.40 bits per heavy atom. The third-order valence-electron chi connectivity index (χ3n) is 4.78. The van der Waals surface area contributed by atoms with Gasteiger partial charge in [0.1, 0.15) is 13.2 Å². The summed E-state index contributed by atoms with van der Waals surface area (Å²) >= 11 is 0. The molecule has 2 aliphatic heterocycles. The van der Waals surface area contributed by atoms with E-state index in [1.807, 2.05) is 24.0 Å². The fourth-order valence-corrected chi connectivity index (χ4v) is 3.30. The third kappa shape index (κ3) is 4.07. The highest BCUT2D eigenvalue weighted by molar-refractivity contribution is 5.92. The number of ether oxygens (including phenoxy) is 3. The summed E-state index contributed by atoms with van der Waals surface area (Å²) in [7, 11) is 1.59. The van der Waals surface area contributed by atoms with Crippen LogP contribution in [0.5, 0.6) is 17.2 Å². The number of benzene rings is 1. The van der Waals surface area contributed by atoms with Crippen LogP contribution in [-0.2, 0) is 4.79 Å². The molecular weight excluding hydrogens is 320 g/mol. The molecular formula is C19H26N2O4. The number of carbonyl (C=O) groups is 1. The van der Waals surface area contributed by atoms with Crippen LogP contribution < -0.4 is 19.9 Å². The second-order valence-corrected chi connectivity index (χ2v) is 6.63. The Morgan fingerprint density at radius 3 is 2.96 bits per heavy atom. The molecule has 0 aliphatic carbocycles. The predicted octanol–water partition coefficient (Wildman–Crippen LogP) is 2.07. The molecule has 1 amide bonds. The summed E-state index contributed by atoms with van der Waals surface area (Å²) < 4.78 is 16.6. The molecule has 2 N–H and O–H groups in total. The Hall–Kier alpha value is -2.21. The maximum absolute atomic E-state index is 12.5. The lowest BCUT2D eigenvalue weighted by Gasteiger charge is -2.34. The molecule has 1 aromatic rings. The zero-order chi connectivity index (χ0) is 17.8. The summed E-state index contributed by atoms with van der Waals surface area (Å²) in [6.45, 7) is 4.54. The van der Waals surface area contributed by atoms with E-state index in [9.17, 15) is 4.79 Å². The predicted molar refractivity (Wildman–Crippen MR) is 96.0 cm³/mol. The molecule has 0 radical (unpaired) electrons. The van der Waals surface area contributed by atoms with Gasteiger partial charge >= 0.3 is 0 Å². The molecule has 1 aromatic carbocycles. The Kier molecular flexibility index (Phi) is 5.48. The second kappa shape index (κ2) is 7.78. The fraction of sp³-hybridized carbons (Fsp3) is 0.526. The molecule has 6 nitrogen and oxygen atoms in total. The van der Waals surface area contributed by atoms with Gasteiger partial charge in [0.05, 0.1) is 7.11 Å². The van der Waals surface area contributed by atoms with Gasteiger partial charge in [0, 0.05) is 25.2 Å². The van der Waals surface area contributed by atoms with Gasteiger partial charge in [-0.3, -0.25) is 4.79 Å². The van der Waals surface area contributed by atoms with E-state index < -0.39 is 0 Å². The number of methoxy groups -OCH3 is 1. The molecule has 136 valence electrons. The molecule has 2 aliphatic rings. The van der Waals surface area contributed by atoms with E-state index in [4.69, 9.17) is 19.9 Å². The van der Waals surface area contributed by atoms with Crippen molar-refractivity contribution in [3.8, 4) is 17.2 Å². The summed E-state index contributed by atoms with van der Waals surface area (Å²) in [5.41, 5.74) is 6.84. The number of amides is 1. The van der Waals surface area contributed by atoms with Gasteiger partial charge in [-0.05, 0) is 49.5 Å². The largest absolute Gasteiger partial charge is 0.493 e. The molecule has 2 unspecified atom stereocenters. The maximum Gasteiger partial charge on any atom is 0.246 e. The van der Waals surface area contributed by atoms with Gasteiger partial charge in [-0.1, -0.05) is 0 Å². The zero-order valence-corrected chi connectivity index (χ0v) is 14.9. The number of fused-ring (bicyclic) bond motifs is 1. The Morgan fingerprint density at radius 2 is 2.20 bits per heavy atom. The normalized spacial score (nSPS) is 21.2. The Balaban J connectivity index is 1.72. The summed E-state index contributed by atoms with van der Waals surface area (Å²) in [6, 6.07) is 3.82. The number of nitrogens with two attached hydrogens (primary N) is 1. The van der Waals surface area contributed by atoms with Crippen LogP contribution in [0.2, 0.25) is 0 Å². The van der Waals surface area contributed by atoms with Crippen LogP contribution in [0.4, 0.5) is 0 Å². The van der Waals surface area contributed by atoms with Crippen molar-refractivity contribution in [2.24, 2.45) is 11.7 Å². The van der Waals surface area contributed by atoms with Crippen LogP contribution in [-0.4, -0.2) is 50.3 Å². The lowest BCUT2D eigenvalue weighted by Crippen LogP contribution is -2.44. The molecule has 25 heavy (non-hydrogen) atoms. The monoisotopic (exact) mass is 346 g/mol. The molecule has 1 fully saturated rings. The lowest BCUT2D eigenvalue weighted by atomic mass is 9.92. The molecule has 6 heteroatoms. The minimum absolute atomic E-state index is 0.0132. The van der Waals surface area contributed by atoms with Crippen molar-refractivity contribution in [2.45, 2.75) is 25.8 Å². The average Bonchev–Trinajstić information content (AvgIpc) is 2.65. The quantitative estimate of drug-likeness (QED) is 0.845. The van der Waals surface area contributed by atoms with Crippen molar-refractivity contribution < 1.29 is 19.0 Å². The van der Waals surface area contributed by atoms with Crippen molar-refractivity contribution in [3.05, 3.63) is 23.8 Å². The molecule has 3 rings (SSSR count). The number of piperidine rings is 1. The van der Waals surface area contributed by atoms with E-state index in [2.05, 4.69) is 0 Å². The van der Waals surface area contributed by atoms with Crippen LogP contribution in [0.3, 0.4) is 0 Å². The molecule has 2 atom stereocenters. The second-order valence-electron chi connectivity index (χ2n) is 6.63. The van der Waals surface area contributed by atoms with E-state index in [0.29, 0.717) is 36.4 Å². The van der Waals surface area contributed by atoms with E-state index in [-0.39, 0.29) is 11.9 Å².